The van der Waals surface area contributed by atoms with Crippen LogP contribution in [0.15, 0.2) is 54.6 Å². The standard InChI is InChI=1S/C18H23NO/c1-4-14(2)19-18(15-8-6-5-7-9-15)16-10-12-17(20-3)13-11-16/h5-14,18-19H,4H2,1-3H3. The van der Waals surface area contributed by atoms with Crippen molar-refractivity contribution in [1.29, 1.82) is 0 Å². The lowest BCUT2D eigenvalue weighted by Gasteiger charge is -2.24. The van der Waals surface area contributed by atoms with Crippen LogP contribution < -0.4 is 10.1 Å². The molecule has 20 heavy (non-hydrogen) atoms. The van der Waals surface area contributed by atoms with Crippen LogP contribution in [0.5, 0.6) is 5.75 Å². The molecule has 2 aromatic carbocycles. The predicted molar refractivity (Wildman–Crippen MR) is 84.2 cm³/mol. The molecule has 0 fully saturated rings. The quantitative estimate of drug-likeness (QED) is 0.849. The smallest absolute Gasteiger partial charge is 0.118 e. The van der Waals surface area contributed by atoms with E-state index in [4.69, 9.17) is 4.74 Å². The molecule has 0 aromatic heterocycles. The third kappa shape index (κ3) is 3.61. The molecule has 0 saturated carbocycles. The first-order valence-corrected chi connectivity index (χ1v) is 7.19. The molecule has 0 saturated heterocycles. The molecule has 2 nitrogen and oxygen atoms in total. The van der Waals surface area contributed by atoms with Gasteiger partial charge >= 0.3 is 0 Å². The Morgan fingerprint density at radius 2 is 1.55 bits per heavy atom. The van der Waals surface area contributed by atoms with Gasteiger partial charge in [0.1, 0.15) is 5.75 Å². The van der Waals surface area contributed by atoms with Crippen molar-refractivity contribution in [3.05, 3.63) is 65.7 Å². The third-order valence-electron chi connectivity index (χ3n) is 3.65. The van der Waals surface area contributed by atoms with Crippen LogP contribution in [0.4, 0.5) is 0 Å². The van der Waals surface area contributed by atoms with E-state index in [9.17, 15) is 0 Å². The zero-order valence-electron chi connectivity index (χ0n) is 12.5. The maximum atomic E-state index is 5.24. The Hall–Kier alpha value is -1.80. The van der Waals surface area contributed by atoms with Crippen molar-refractivity contribution in [2.24, 2.45) is 0 Å². The summed E-state index contributed by atoms with van der Waals surface area (Å²) in [5, 5.41) is 3.70. The first-order valence-electron chi connectivity index (χ1n) is 7.19. The van der Waals surface area contributed by atoms with Gasteiger partial charge in [-0.1, -0.05) is 49.4 Å². The van der Waals surface area contributed by atoms with E-state index in [0.29, 0.717) is 6.04 Å². The molecule has 0 heterocycles. The molecule has 2 aromatic rings. The van der Waals surface area contributed by atoms with E-state index >= 15 is 0 Å². The van der Waals surface area contributed by atoms with Gasteiger partial charge in [-0.25, -0.2) is 0 Å². The van der Waals surface area contributed by atoms with Gasteiger partial charge in [0, 0.05) is 6.04 Å². The lowest BCUT2D eigenvalue weighted by atomic mass is 9.97. The summed E-state index contributed by atoms with van der Waals surface area (Å²) in [5.74, 6) is 0.893. The fourth-order valence-electron chi connectivity index (χ4n) is 2.23. The number of hydrogen-bond acceptors (Lipinski definition) is 2. The summed E-state index contributed by atoms with van der Waals surface area (Å²) in [4.78, 5) is 0. The van der Waals surface area contributed by atoms with Gasteiger partial charge in [-0.2, -0.15) is 0 Å². The molecule has 0 amide bonds. The lowest BCUT2D eigenvalue weighted by molar-refractivity contribution is 0.414. The molecule has 0 aliphatic carbocycles. The number of methoxy groups -OCH3 is 1. The summed E-state index contributed by atoms with van der Waals surface area (Å²) >= 11 is 0. The lowest BCUT2D eigenvalue weighted by Crippen LogP contribution is -2.30. The highest BCUT2D eigenvalue weighted by Gasteiger charge is 2.15. The molecule has 2 rings (SSSR count). The van der Waals surface area contributed by atoms with Crippen molar-refractivity contribution in [3.8, 4) is 5.75 Å². The minimum absolute atomic E-state index is 0.219. The monoisotopic (exact) mass is 269 g/mol. The number of nitrogens with one attached hydrogen (secondary N) is 1. The highest BCUT2D eigenvalue weighted by molar-refractivity contribution is 5.35. The molecule has 0 spiro atoms. The minimum atomic E-state index is 0.219. The van der Waals surface area contributed by atoms with Crippen LogP contribution in [0, 0.1) is 0 Å². The van der Waals surface area contributed by atoms with E-state index in [0.717, 1.165) is 12.2 Å². The van der Waals surface area contributed by atoms with Gasteiger partial charge < -0.3 is 10.1 Å². The summed E-state index contributed by atoms with van der Waals surface area (Å²) < 4.78 is 5.24. The molecule has 2 atom stereocenters. The largest absolute Gasteiger partial charge is 0.497 e. The van der Waals surface area contributed by atoms with Crippen LogP contribution in [0.25, 0.3) is 0 Å². The number of benzene rings is 2. The Labute approximate surface area is 121 Å². The fourth-order valence-corrected chi connectivity index (χ4v) is 2.23. The fraction of sp³-hybridized carbons (Fsp3) is 0.333. The second-order valence-corrected chi connectivity index (χ2v) is 5.09. The van der Waals surface area contributed by atoms with Crippen LogP contribution in [0.3, 0.4) is 0 Å². The van der Waals surface area contributed by atoms with E-state index in [2.05, 4.69) is 61.6 Å². The molecule has 106 valence electrons. The van der Waals surface area contributed by atoms with Crippen LogP contribution >= 0.6 is 0 Å². The number of ether oxygens (including phenoxy) is 1. The third-order valence-corrected chi connectivity index (χ3v) is 3.65. The van der Waals surface area contributed by atoms with Crippen molar-refractivity contribution in [1.82, 2.24) is 5.32 Å². The van der Waals surface area contributed by atoms with Crippen molar-refractivity contribution in [2.45, 2.75) is 32.4 Å². The predicted octanol–water partition coefficient (Wildman–Crippen LogP) is 4.17. The summed E-state index contributed by atoms with van der Waals surface area (Å²) in [5.41, 5.74) is 2.55. The Kier molecular flexibility index (Phi) is 5.19. The van der Waals surface area contributed by atoms with Gasteiger partial charge in [-0.05, 0) is 36.6 Å². The van der Waals surface area contributed by atoms with Gasteiger partial charge in [0.15, 0.2) is 0 Å². The summed E-state index contributed by atoms with van der Waals surface area (Å²) in [6.07, 6.45) is 1.11. The normalized spacial score (nSPS) is 13.8. The van der Waals surface area contributed by atoms with Gasteiger partial charge in [-0.15, -0.1) is 0 Å². The molecular formula is C18H23NO. The molecule has 0 aliphatic rings. The van der Waals surface area contributed by atoms with Gasteiger partial charge in [0.25, 0.3) is 0 Å². The van der Waals surface area contributed by atoms with Crippen LogP contribution in [0.1, 0.15) is 37.4 Å². The van der Waals surface area contributed by atoms with E-state index in [1.807, 2.05) is 12.1 Å². The molecule has 2 unspecified atom stereocenters. The molecular weight excluding hydrogens is 246 g/mol. The molecule has 0 aliphatic heterocycles. The van der Waals surface area contributed by atoms with Gasteiger partial charge in [0.2, 0.25) is 0 Å². The van der Waals surface area contributed by atoms with Crippen LogP contribution in [0.2, 0.25) is 0 Å². The van der Waals surface area contributed by atoms with Crippen molar-refractivity contribution >= 4 is 0 Å². The SMILES string of the molecule is CCC(C)NC(c1ccccc1)c1ccc(OC)cc1. The highest BCUT2D eigenvalue weighted by Crippen LogP contribution is 2.24. The minimum Gasteiger partial charge on any atom is -0.497 e. The Morgan fingerprint density at radius 3 is 2.10 bits per heavy atom. The van der Waals surface area contributed by atoms with Crippen molar-refractivity contribution in [3.63, 3.8) is 0 Å². The van der Waals surface area contributed by atoms with Crippen LogP contribution in [-0.2, 0) is 0 Å². The molecule has 0 radical (unpaired) electrons. The Balaban J connectivity index is 2.30. The first kappa shape index (κ1) is 14.6. The van der Waals surface area contributed by atoms with E-state index in [1.54, 1.807) is 7.11 Å². The Bertz CT molecular complexity index is 507. The highest BCUT2D eigenvalue weighted by atomic mass is 16.5. The number of rotatable bonds is 6. The van der Waals surface area contributed by atoms with Crippen LogP contribution in [-0.4, -0.2) is 13.2 Å². The van der Waals surface area contributed by atoms with E-state index in [1.165, 1.54) is 11.1 Å². The number of hydrogen-bond donors (Lipinski definition) is 1. The summed E-state index contributed by atoms with van der Waals surface area (Å²) in [6, 6.07) is 19.6. The van der Waals surface area contributed by atoms with E-state index < -0.39 is 0 Å². The van der Waals surface area contributed by atoms with Crippen molar-refractivity contribution in [2.75, 3.05) is 7.11 Å². The average Bonchev–Trinajstić information content (AvgIpc) is 2.53. The Morgan fingerprint density at radius 1 is 0.950 bits per heavy atom. The zero-order valence-corrected chi connectivity index (χ0v) is 12.5. The maximum absolute atomic E-state index is 5.24. The summed E-state index contributed by atoms with van der Waals surface area (Å²) in [6.45, 7) is 4.42. The molecule has 1 N–H and O–H groups in total. The molecule has 2 heteroatoms. The topological polar surface area (TPSA) is 21.3 Å². The second kappa shape index (κ2) is 7.11. The first-order chi connectivity index (χ1) is 9.74. The maximum Gasteiger partial charge on any atom is 0.118 e. The van der Waals surface area contributed by atoms with Crippen molar-refractivity contribution < 1.29 is 4.74 Å². The van der Waals surface area contributed by atoms with Gasteiger partial charge in [0.05, 0.1) is 13.2 Å². The average molecular weight is 269 g/mol. The molecule has 0 bridgehead atoms. The summed E-state index contributed by atoms with van der Waals surface area (Å²) in [7, 11) is 1.70. The zero-order chi connectivity index (χ0) is 14.4. The van der Waals surface area contributed by atoms with E-state index in [-0.39, 0.29) is 6.04 Å². The van der Waals surface area contributed by atoms with Gasteiger partial charge in [-0.3, -0.25) is 0 Å². The second-order valence-electron chi connectivity index (χ2n) is 5.09.